The van der Waals surface area contributed by atoms with Crippen LogP contribution >= 0.6 is 0 Å². The van der Waals surface area contributed by atoms with Crippen molar-refractivity contribution in [3.63, 3.8) is 0 Å². The fourth-order valence-corrected chi connectivity index (χ4v) is 2.14. The zero-order chi connectivity index (χ0) is 21.2. The van der Waals surface area contributed by atoms with Crippen molar-refractivity contribution >= 4 is 11.9 Å². The van der Waals surface area contributed by atoms with Gasteiger partial charge >= 0.3 is 18.6 Å². The van der Waals surface area contributed by atoms with Gasteiger partial charge in [-0.05, 0) is 23.8 Å². The highest BCUT2D eigenvalue weighted by molar-refractivity contribution is 5.89. The molecule has 1 aromatic carbocycles. The molecule has 0 aliphatic carbocycles. The number of rotatable bonds is 7. The summed E-state index contributed by atoms with van der Waals surface area (Å²) in [5.74, 6) is -2.39. The van der Waals surface area contributed by atoms with Crippen molar-refractivity contribution in [1.82, 2.24) is 20.0 Å². The second kappa shape index (κ2) is 10.3. The van der Waals surface area contributed by atoms with E-state index in [1.54, 1.807) is 29.2 Å². The lowest BCUT2D eigenvalue weighted by Gasteiger charge is -2.05. The van der Waals surface area contributed by atoms with E-state index in [0.717, 1.165) is 16.8 Å². The molecule has 0 spiro atoms. The van der Waals surface area contributed by atoms with E-state index in [2.05, 4.69) is 20.0 Å². The molecule has 2 heterocycles. The predicted octanol–water partition coefficient (Wildman–Crippen LogP) is 2.63. The van der Waals surface area contributed by atoms with E-state index in [9.17, 15) is 18.4 Å². The Balaban J connectivity index is 0.000000321. The average Bonchev–Trinajstić information content (AvgIpc) is 3.33. The van der Waals surface area contributed by atoms with E-state index in [1.807, 2.05) is 18.3 Å². The summed E-state index contributed by atoms with van der Waals surface area (Å²) in [7, 11) is 0. The van der Waals surface area contributed by atoms with Gasteiger partial charge in [-0.1, -0.05) is 12.1 Å². The Bertz CT molecular complexity index is 954. The van der Waals surface area contributed by atoms with E-state index >= 15 is 0 Å². The maximum Gasteiger partial charge on any atom is 0.387 e. The van der Waals surface area contributed by atoms with Gasteiger partial charge < -0.3 is 14.9 Å². The number of carboxylic acid groups (broad SMARTS) is 2. The number of aromatic nitrogens is 4. The molecule has 152 valence electrons. The summed E-state index contributed by atoms with van der Waals surface area (Å²) in [6.45, 7) is -2.27. The third-order valence-corrected chi connectivity index (χ3v) is 3.29. The molecule has 3 aromatic rings. The van der Waals surface area contributed by atoms with Crippen molar-refractivity contribution < 1.29 is 33.3 Å². The van der Waals surface area contributed by atoms with Crippen molar-refractivity contribution in [2.45, 2.75) is 13.2 Å². The molecular weight excluding hydrogens is 390 g/mol. The quantitative estimate of drug-likeness (QED) is 0.514. The standard InChI is InChI=1S/C14H12F2N4O.C4H4O4/c15-14(16)21-13-3-1-2-10(6-13)11-7-18-20(8-11)9-12-4-5-17-19-12;5-3(6)1-2-4(7)8/h1-8,14H,9H2,(H,17,19);1-2H,(H,5,6)(H,7,8). The van der Waals surface area contributed by atoms with E-state index in [4.69, 9.17) is 10.2 Å². The highest BCUT2D eigenvalue weighted by Crippen LogP contribution is 2.24. The van der Waals surface area contributed by atoms with Crippen LogP contribution in [0.25, 0.3) is 11.1 Å². The minimum atomic E-state index is -2.83. The first-order chi connectivity index (χ1) is 13.8. The van der Waals surface area contributed by atoms with Crippen LogP contribution in [0.2, 0.25) is 0 Å². The lowest BCUT2D eigenvalue weighted by Crippen LogP contribution is -2.01. The summed E-state index contributed by atoms with van der Waals surface area (Å²) in [4.78, 5) is 19.1. The molecule has 0 saturated carbocycles. The summed E-state index contributed by atoms with van der Waals surface area (Å²) in [6.07, 6.45) is 6.30. The molecule has 3 rings (SSSR count). The van der Waals surface area contributed by atoms with Gasteiger partial charge in [0, 0.05) is 30.1 Å². The Morgan fingerprint density at radius 3 is 2.48 bits per heavy atom. The Morgan fingerprint density at radius 1 is 1.17 bits per heavy atom. The first kappa shape index (κ1) is 21.3. The molecule has 0 bridgehead atoms. The number of hydrogen-bond donors (Lipinski definition) is 3. The number of nitrogens with zero attached hydrogens (tertiary/aromatic N) is 3. The zero-order valence-electron chi connectivity index (χ0n) is 14.8. The van der Waals surface area contributed by atoms with E-state index < -0.39 is 18.6 Å². The number of aliphatic carboxylic acids is 2. The van der Waals surface area contributed by atoms with Gasteiger partial charge in [0.05, 0.1) is 18.4 Å². The van der Waals surface area contributed by atoms with Crippen LogP contribution in [-0.4, -0.2) is 48.7 Å². The lowest BCUT2D eigenvalue weighted by molar-refractivity contribution is -0.134. The number of hydrogen-bond acceptors (Lipinski definition) is 5. The molecule has 0 saturated heterocycles. The summed E-state index contributed by atoms with van der Waals surface area (Å²) < 4.78 is 30.6. The summed E-state index contributed by atoms with van der Waals surface area (Å²) in [6, 6.07) is 8.39. The molecule has 9 nitrogen and oxygen atoms in total. The van der Waals surface area contributed by atoms with E-state index in [-0.39, 0.29) is 5.75 Å². The van der Waals surface area contributed by atoms with E-state index in [1.165, 1.54) is 6.07 Å². The van der Waals surface area contributed by atoms with Crippen molar-refractivity contribution in [2.24, 2.45) is 0 Å². The molecule has 0 radical (unpaired) electrons. The number of benzene rings is 1. The molecule has 0 fully saturated rings. The highest BCUT2D eigenvalue weighted by atomic mass is 19.3. The first-order valence-electron chi connectivity index (χ1n) is 8.03. The van der Waals surface area contributed by atoms with Crippen LogP contribution in [0.1, 0.15) is 5.69 Å². The highest BCUT2D eigenvalue weighted by Gasteiger charge is 2.07. The smallest absolute Gasteiger partial charge is 0.387 e. The molecule has 0 unspecified atom stereocenters. The van der Waals surface area contributed by atoms with Gasteiger partial charge in [0.1, 0.15) is 5.75 Å². The minimum absolute atomic E-state index is 0.129. The SMILES string of the molecule is FC(F)Oc1cccc(-c2cnn(Cc3ccn[nH]3)c2)c1.O=C(O)C=CC(=O)O. The monoisotopic (exact) mass is 406 g/mol. The molecule has 0 amide bonds. The maximum atomic E-state index is 12.2. The van der Waals surface area contributed by atoms with Crippen LogP contribution < -0.4 is 4.74 Å². The normalized spacial score (nSPS) is 10.6. The fraction of sp³-hybridized carbons (Fsp3) is 0.111. The molecule has 3 N–H and O–H groups in total. The van der Waals surface area contributed by atoms with Gasteiger partial charge in [-0.2, -0.15) is 19.0 Å². The number of carboxylic acids is 2. The van der Waals surface area contributed by atoms with Crippen molar-refractivity contribution in [2.75, 3.05) is 0 Å². The second-order valence-electron chi connectivity index (χ2n) is 5.42. The molecule has 0 aliphatic rings. The maximum absolute atomic E-state index is 12.2. The third-order valence-electron chi connectivity index (χ3n) is 3.29. The van der Waals surface area contributed by atoms with Gasteiger partial charge in [-0.3, -0.25) is 9.78 Å². The van der Waals surface area contributed by atoms with Gasteiger partial charge in [0.2, 0.25) is 0 Å². The van der Waals surface area contributed by atoms with Crippen molar-refractivity contribution in [1.29, 1.82) is 0 Å². The Morgan fingerprint density at radius 2 is 1.90 bits per heavy atom. The number of H-pyrrole nitrogens is 1. The molecule has 29 heavy (non-hydrogen) atoms. The number of halogens is 2. The van der Waals surface area contributed by atoms with Gasteiger partial charge in [0.15, 0.2) is 0 Å². The summed E-state index contributed by atoms with van der Waals surface area (Å²) in [5, 5.41) is 26.6. The van der Waals surface area contributed by atoms with Crippen LogP contribution in [-0.2, 0) is 16.1 Å². The van der Waals surface area contributed by atoms with Crippen LogP contribution in [0, 0.1) is 0 Å². The van der Waals surface area contributed by atoms with Crippen molar-refractivity contribution in [3.8, 4) is 16.9 Å². The number of ether oxygens (including phenoxy) is 1. The lowest BCUT2D eigenvalue weighted by atomic mass is 10.1. The molecule has 11 heteroatoms. The number of alkyl halides is 2. The average molecular weight is 406 g/mol. The first-order valence-corrected chi connectivity index (χ1v) is 8.03. The number of aromatic amines is 1. The van der Waals surface area contributed by atoms with Crippen molar-refractivity contribution in [3.05, 3.63) is 66.8 Å². The number of nitrogens with one attached hydrogen (secondary N) is 1. The van der Waals surface area contributed by atoms with Gasteiger partial charge in [-0.15, -0.1) is 0 Å². The van der Waals surface area contributed by atoms with E-state index in [0.29, 0.717) is 18.7 Å². The Kier molecular flexibility index (Phi) is 7.59. The van der Waals surface area contributed by atoms with Crippen LogP contribution in [0.3, 0.4) is 0 Å². The van der Waals surface area contributed by atoms with Crippen LogP contribution in [0.15, 0.2) is 61.1 Å². The fourth-order valence-electron chi connectivity index (χ4n) is 2.14. The van der Waals surface area contributed by atoms with Crippen LogP contribution in [0.4, 0.5) is 8.78 Å². The van der Waals surface area contributed by atoms with Gasteiger partial charge in [0.25, 0.3) is 0 Å². The second-order valence-corrected chi connectivity index (χ2v) is 5.42. The number of carbonyl (C=O) groups is 2. The summed E-state index contributed by atoms with van der Waals surface area (Å²) in [5.41, 5.74) is 2.53. The third kappa shape index (κ3) is 7.62. The topological polar surface area (TPSA) is 130 Å². The van der Waals surface area contributed by atoms with Gasteiger partial charge in [-0.25, -0.2) is 9.59 Å². The minimum Gasteiger partial charge on any atom is -0.478 e. The largest absolute Gasteiger partial charge is 0.478 e. The Hall–Kier alpha value is -4.02. The predicted molar refractivity (Wildman–Crippen MR) is 96.4 cm³/mol. The summed E-state index contributed by atoms with van der Waals surface area (Å²) >= 11 is 0. The molecular formula is C18H16F2N4O5. The zero-order valence-corrected chi connectivity index (χ0v) is 14.8. The van der Waals surface area contributed by atoms with Crippen LogP contribution in [0.5, 0.6) is 5.75 Å². The molecule has 0 aliphatic heterocycles. The molecule has 0 atom stereocenters. The Labute approximate surface area is 162 Å². The molecule has 2 aromatic heterocycles.